The van der Waals surface area contributed by atoms with Gasteiger partial charge in [0.2, 0.25) is 0 Å². The van der Waals surface area contributed by atoms with Crippen molar-refractivity contribution >= 4 is 5.97 Å². The second-order valence-electron chi connectivity index (χ2n) is 2.54. The van der Waals surface area contributed by atoms with Crippen LogP contribution in [0.3, 0.4) is 0 Å². The summed E-state index contributed by atoms with van der Waals surface area (Å²) in [6.45, 7) is 2.22. The predicted molar refractivity (Wildman–Crippen MR) is 51.5 cm³/mol. The lowest BCUT2D eigenvalue weighted by Crippen LogP contribution is -2.05. The van der Waals surface area contributed by atoms with E-state index in [1.807, 2.05) is 13.0 Å². The van der Waals surface area contributed by atoms with Gasteiger partial charge in [-0.2, -0.15) is 0 Å². The maximum Gasteiger partial charge on any atom is 0.358 e. The number of carbonyl (C=O) groups is 1. The van der Waals surface area contributed by atoms with Crippen molar-refractivity contribution in [2.24, 2.45) is 0 Å². The Kier molecular flexibility index (Phi) is 3.67. The normalized spacial score (nSPS) is 10.4. The minimum Gasteiger partial charge on any atom is -0.487 e. The van der Waals surface area contributed by atoms with Gasteiger partial charge in [0.1, 0.15) is 6.61 Å². The van der Waals surface area contributed by atoms with Gasteiger partial charge in [0.15, 0.2) is 11.4 Å². The zero-order chi connectivity index (χ0) is 10.4. The highest BCUT2D eigenvalue weighted by Crippen LogP contribution is 2.14. The molecule has 0 spiro atoms. The Morgan fingerprint density at radius 3 is 3.14 bits per heavy atom. The molecule has 0 saturated carbocycles. The highest BCUT2D eigenvalue weighted by Gasteiger charge is 2.10. The van der Waals surface area contributed by atoms with E-state index in [0.29, 0.717) is 6.61 Å². The van der Waals surface area contributed by atoms with E-state index in [1.54, 1.807) is 18.2 Å². The Labute approximate surface area is 81.9 Å². The van der Waals surface area contributed by atoms with Crippen LogP contribution in [0, 0.1) is 0 Å². The van der Waals surface area contributed by atoms with Crippen molar-refractivity contribution in [1.29, 1.82) is 0 Å². The summed E-state index contributed by atoms with van der Waals surface area (Å²) in [4.78, 5) is 14.4. The van der Waals surface area contributed by atoms with Crippen LogP contribution in [0.25, 0.3) is 0 Å². The molecule has 0 atom stereocenters. The van der Waals surface area contributed by atoms with Crippen molar-refractivity contribution in [2.75, 3.05) is 6.61 Å². The molecule has 0 unspecified atom stereocenters. The number of pyridine rings is 1. The molecule has 0 fully saturated rings. The van der Waals surface area contributed by atoms with Crippen LogP contribution in [0.2, 0.25) is 0 Å². The number of rotatable bonds is 4. The Morgan fingerprint density at radius 1 is 1.71 bits per heavy atom. The molecule has 0 saturated heterocycles. The summed E-state index contributed by atoms with van der Waals surface area (Å²) >= 11 is 0. The first-order valence-corrected chi connectivity index (χ1v) is 4.18. The molecule has 0 bridgehead atoms. The molecule has 0 aliphatic carbocycles. The van der Waals surface area contributed by atoms with Gasteiger partial charge in [-0.05, 0) is 19.1 Å². The average molecular weight is 193 g/mol. The third-order valence-corrected chi connectivity index (χ3v) is 1.54. The number of hydrogen-bond donors (Lipinski definition) is 1. The summed E-state index contributed by atoms with van der Waals surface area (Å²) in [5.41, 5.74) is -0.0583. The monoisotopic (exact) mass is 193 g/mol. The second-order valence-corrected chi connectivity index (χ2v) is 2.54. The van der Waals surface area contributed by atoms with Crippen molar-refractivity contribution < 1.29 is 14.6 Å². The van der Waals surface area contributed by atoms with Crippen LogP contribution in [-0.4, -0.2) is 22.7 Å². The molecule has 14 heavy (non-hydrogen) atoms. The summed E-state index contributed by atoms with van der Waals surface area (Å²) in [5.74, 6) is -0.792. The molecule has 74 valence electrons. The summed E-state index contributed by atoms with van der Waals surface area (Å²) < 4.78 is 5.21. The first-order valence-electron chi connectivity index (χ1n) is 4.18. The Morgan fingerprint density at radius 2 is 2.50 bits per heavy atom. The van der Waals surface area contributed by atoms with Gasteiger partial charge in [0, 0.05) is 6.20 Å². The van der Waals surface area contributed by atoms with E-state index in [4.69, 9.17) is 9.84 Å². The zero-order valence-electron chi connectivity index (χ0n) is 7.80. The van der Waals surface area contributed by atoms with Gasteiger partial charge in [-0.3, -0.25) is 0 Å². The van der Waals surface area contributed by atoms with Crippen molar-refractivity contribution in [3.63, 3.8) is 0 Å². The van der Waals surface area contributed by atoms with Crippen LogP contribution in [-0.2, 0) is 0 Å². The third-order valence-electron chi connectivity index (χ3n) is 1.54. The number of nitrogens with zero attached hydrogens (tertiary/aromatic N) is 1. The van der Waals surface area contributed by atoms with E-state index in [-0.39, 0.29) is 11.4 Å². The summed E-state index contributed by atoms with van der Waals surface area (Å²) in [7, 11) is 0. The molecule has 0 radical (unpaired) electrons. The zero-order valence-corrected chi connectivity index (χ0v) is 7.80. The number of carboxylic acids is 1. The quantitative estimate of drug-likeness (QED) is 0.740. The first-order chi connectivity index (χ1) is 6.75. The fourth-order valence-corrected chi connectivity index (χ4v) is 0.902. The van der Waals surface area contributed by atoms with Gasteiger partial charge in [0.05, 0.1) is 0 Å². The molecule has 1 aromatic heterocycles. The Balaban J connectivity index is 2.79. The van der Waals surface area contributed by atoms with Crippen molar-refractivity contribution in [1.82, 2.24) is 4.98 Å². The molecule has 1 heterocycles. The maximum atomic E-state index is 10.7. The molecule has 1 rings (SSSR count). The highest BCUT2D eigenvalue weighted by molar-refractivity contribution is 5.88. The van der Waals surface area contributed by atoms with Gasteiger partial charge in [0.25, 0.3) is 0 Å². The van der Waals surface area contributed by atoms with Crippen molar-refractivity contribution in [3.05, 3.63) is 36.2 Å². The van der Waals surface area contributed by atoms with Gasteiger partial charge in [-0.25, -0.2) is 9.78 Å². The lowest BCUT2D eigenvalue weighted by Gasteiger charge is -2.04. The minimum absolute atomic E-state index is 0.0583. The number of allylic oxidation sites excluding steroid dienone is 1. The lowest BCUT2D eigenvalue weighted by molar-refractivity contribution is 0.0686. The summed E-state index contributed by atoms with van der Waals surface area (Å²) in [6.07, 6.45) is 5.04. The first kappa shape index (κ1) is 10.2. The fourth-order valence-electron chi connectivity index (χ4n) is 0.902. The van der Waals surface area contributed by atoms with Crippen LogP contribution >= 0.6 is 0 Å². The molecule has 4 heteroatoms. The number of aromatic carboxylic acids is 1. The van der Waals surface area contributed by atoms with Crippen molar-refractivity contribution in [3.8, 4) is 5.75 Å². The van der Waals surface area contributed by atoms with Crippen LogP contribution in [0.15, 0.2) is 30.5 Å². The lowest BCUT2D eigenvalue weighted by atomic mass is 10.3. The van der Waals surface area contributed by atoms with E-state index in [1.165, 1.54) is 6.20 Å². The Hall–Kier alpha value is -1.84. The number of ether oxygens (including phenoxy) is 1. The van der Waals surface area contributed by atoms with Crippen LogP contribution in [0.1, 0.15) is 17.4 Å². The molecule has 0 aromatic carbocycles. The third kappa shape index (κ3) is 2.58. The summed E-state index contributed by atoms with van der Waals surface area (Å²) in [5, 5.41) is 8.76. The maximum absolute atomic E-state index is 10.7. The van der Waals surface area contributed by atoms with Gasteiger partial charge in [-0.15, -0.1) is 0 Å². The second kappa shape index (κ2) is 5.01. The standard InChI is InChI=1S/C10H11NO3/c1-2-3-7-14-8-5-4-6-11-9(8)10(12)13/h2-6H,7H2,1H3,(H,12,13). The minimum atomic E-state index is -1.08. The van der Waals surface area contributed by atoms with E-state index in [0.717, 1.165) is 0 Å². The molecule has 1 aromatic rings. The van der Waals surface area contributed by atoms with E-state index in [2.05, 4.69) is 4.98 Å². The van der Waals surface area contributed by atoms with Crippen LogP contribution in [0.4, 0.5) is 0 Å². The van der Waals surface area contributed by atoms with E-state index >= 15 is 0 Å². The fraction of sp³-hybridized carbons (Fsp3) is 0.200. The van der Waals surface area contributed by atoms with Crippen molar-refractivity contribution in [2.45, 2.75) is 6.92 Å². The predicted octanol–water partition coefficient (Wildman–Crippen LogP) is 1.73. The number of carboxylic acid groups (broad SMARTS) is 1. The molecule has 1 N–H and O–H groups in total. The van der Waals surface area contributed by atoms with Crippen LogP contribution in [0.5, 0.6) is 5.75 Å². The SMILES string of the molecule is CC=CCOc1cccnc1C(=O)O. The van der Waals surface area contributed by atoms with Gasteiger partial charge >= 0.3 is 5.97 Å². The van der Waals surface area contributed by atoms with Gasteiger partial charge in [-0.1, -0.05) is 12.2 Å². The Bertz CT molecular complexity index is 347. The molecule has 0 amide bonds. The van der Waals surface area contributed by atoms with Gasteiger partial charge < -0.3 is 9.84 Å². The molecular weight excluding hydrogens is 182 g/mol. The smallest absolute Gasteiger partial charge is 0.358 e. The van der Waals surface area contributed by atoms with E-state index < -0.39 is 5.97 Å². The van der Waals surface area contributed by atoms with E-state index in [9.17, 15) is 4.79 Å². The molecule has 0 aliphatic rings. The number of aromatic nitrogens is 1. The largest absolute Gasteiger partial charge is 0.487 e. The molecular formula is C10H11NO3. The van der Waals surface area contributed by atoms with Crippen LogP contribution < -0.4 is 4.74 Å². The highest BCUT2D eigenvalue weighted by atomic mass is 16.5. The number of hydrogen-bond acceptors (Lipinski definition) is 3. The molecule has 0 aliphatic heterocycles. The molecule has 4 nitrogen and oxygen atoms in total. The topological polar surface area (TPSA) is 59.4 Å². The average Bonchev–Trinajstić information content (AvgIpc) is 2.19. The summed E-state index contributed by atoms with van der Waals surface area (Å²) in [6, 6.07) is 3.22.